The van der Waals surface area contributed by atoms with Gasteiger partial charge in [-0.3, -0.25) is 9.58 Å². The van der Waals surface area contributed by atoms with Gasteiger partial charge in [0.05, 0.1) is 37.6 Å². The minimum absolute atomic E-state index is 0.528. The molecular formula is C18H20N4O. The Kier molecular flexibility index (Phi) is 3.64. The number of hydrogen-bond donors (Lipinski definition) is 0. The summed E-state index contributed by atoms with van der Waals surface area (Å²) in [4.78, 5) is 2.52. The average molecular weight is 308 g/mol. The third-order valence-electron chi connectivity index (χ3n) is 4.97. The summed E-state index contributed by atoms with van der Waals surface area (Å²) in [6, 6.07) is 8.62. The molecule has 5 heteroatoms. The molecule has 0 bridgehead atoms. The summed E-state index contributed by atoms with van der Waals surface area (Å²) in [7, 11) is 0. The highest BCUT2D eigenvalue weighted by Crippen LogP contribution is 2.32. The largest absolute Gasteiger partial charge is 0.379 e. The van der Waals surface area contributed by atoms with Gasteiger partial charge in [0.2, 0.25) is 0 Å². The first-order valence-corrected chi connectivity index (χ1v) is 8.14. The van der Waals surface area contributed by atoms with Crippen molar-refractivity contribution < 1.29 is 4.74 Å². The molecule has 1 atom stereocenters. The van der Waals surface area contributed by atoms with E-state index < -0.39 is 0 Å². The second kappa shape index (κ2) is 5.80. The highest BCUT2D eigenvalue weighted by Gasteiger charge is 2.31. The van der Waals surface area contributed by atoms with Crippen LogP contribution in [-0.4, -0.2) is 47.0 Å². The first kappa shape index (κ1) is 14.4. The van der Waals surface area contributed by atoms with Crippen LogP contribution in [0, 0.1) is 18.3 Å². The number of benzene rings is 1. The normalized spacial score (nSPS) is 21.1. The van der Waals surface area contributed by atoms with Crippen molar-refractivity contribution in [3.8, 4) is 17.2 Å². The molecule has 0 N–H and O–H groups in total. The smallest absolute Gasteiger partial charge is 0.0991 e. The van der Waals surface area contributed by atoms with E-state index in [0.29, 0.717) is 11.6 Å². The molecule has 2 aromatic rings. The van der Waals surface area contributed by atoms with Crippen molar-refractivity contribution >= 4 is 0 Å². The van der Waals surface area contributed by atoms with Gasteiger partial charge in [0.1, 0.15) is 0 Å². The van der Waals surface area contributed by atoms with Gasteiger partial charge in [-0.05, 0) is 30.2 Å². The van der Waals surface area contributed by atoms with Crippen molar-refractivity contribution in [2.45, 2.75) is 25.9 Å². The molecule has 1 unspecified atom stereocenters. The van der Waals surface area contributed by atoms with Crippen LogP contribution in [0.15, 0.2) is 24.4 Å². The Labute approximate surface area is 136 Å². The summed E-state index contributed by atoms with van der Waals surface area (Å²) in [6.45, 7) is 6.72. The maximum atomic E-state index is 9.04. The predicted molar refractivity (Wildman–Crippen MR) is 87.0 cm³/mol. The standard InChI is InChI=1S/C18H20N4O/c1-13-8-14(10-19)2-3-16(13)17-11-20-22-12-15(9-18(17)22)21-4-6-23-7-5-21/h2-3,8,11,15H,4-7,9,12H2,1H3. The molecule has 0 aliphatic carbocycles. The number of nitriles is 1. The van der Waals surface area contributed by atoms with Gasteiger partial charge in [0, 0.05) is 36.8 Å². The van der Waals surface area contributed by atoms with E-state index in [0.717, 1.165) is 44.8 Å². The molecule has 3 heterocycles. The van der Waals surface area contributed by atoms with Crippen molar-refractivity contribution in [1.82, 2.24) is 14.7 Å². The number of aryl methyl sites for hydroxylation is 1. The van der Waals surface area contributed by atoms with Crippen LogP contribution in [0.3, 0.4) is 0 Å². The lowest BCUT2D eigenvalue weighted by atomic mass is 9.97. The quantitative estimate of drug-likeness (QED) is 0.851. The molecule has 2 aliphatic rings. The van der Waals surface area contributed by atoms with Gasteiger partial charge in [0.25, 0.3) is 0 Å². The van der Waals surface area contributed by atoms with E-state index in [1.807, 2.05) is 24.4 Å². The van der Waals surface area contributed by atoms with Gasteiger partial charge in [-0.25, -0.2) is 0 Å². The van der Waals surface area contributed by atoms with Gasteiger partial charge in [-0.1, -0.05) is 6.07 Å². The lowest BCUT2D eigenvalue weighted by molar-refractivity contribution is 0.0164. The number of rotatable bonds is 2. The molecule has 0 amide bonds. The molecule has 1 saturated heterocycles. The van der Waals surface area contributed by atoms with E-state index in [-0.39, 0.29) is 0 Å². The van der Waals surface area contributed by atoms with E-state index in [9.17, 15) is 0 Å². The maximum absolute atomic E-state index is 9.04. The lowest BCUT2D eigenvalue weighted by Gasteiger charge is -2.31. The molecule has 5 nitrogen and oxygen atoms in total. The number of nitrogens with zero attached hydrogens (tertiary/aromatic N) is 4. The molecule has 1 aromatic heterocycles. The van der Waals surface area contributed by atoms with E-state index in [1.165, 1.54) is 16.8 Å². The van der Waals surface area contributed by atoms with Crippen LogP contribution in [0.5, 0.6) is 0 Å². The minimum atomic E-state index is 0.528. The zero-order valence-corrected chi connectivity index (χ0v) is 13.3. The van der Waals surface area contributed by atoms with Crippen LogP contribution >= 0.6 is 0 Å². The average Bonchev–Trinajstić information content (AvgIpc) is 3.16. The fraction of sp³-hybridized carbons (Fsp3) is 0.444. The van der Waals surface area contributed by atoms with Crippen LogP contribution in [0.25, 0.3) is 11.1 Å². The molecule has 1 fully saturated rings. The van der Waals surface area contributed by atoms with Crippen molar-refractivity contribution in [1.29, 1.82) is 5.26 Å². The predicted octanol–water partition coefficient (Wildman–Crippen LogP) is 1.99. The van der Waals surface area contributed by atoms with Crippen LogP contribution in [0.4, 0.5) is 0 Å². The zero-order valence-electron chi connectivity index (χ0n) is 13.3. The number of hydrogen-bond acceptors (Lipinski definition) is 4. The Bertz CT molecular complexity index is 768. The third kappa shape index (κ3) is 2.54. The van der Waals surface area contributed by atoms with Crippen molar-refractivity contribution in [2.75, 3.05) is 26.3 Å². The molecular weight excluding hydrogens is 288 g/mol. The van der Waals surface area contributed by atoms with Crippen LogP contribution in [0.1, 0.15) is 16.8 Å². The lowest BCUT2D eigenvalue weighted by Crippen LogP contribution is -2.44. The van der Waals surface area contributed by atoms with E-state index in [2.05, 4.69) is 27.7 Å². The van der Waals surface area contributed by atoms with Gasteiger partial charge in [0.15, 0.2) is 0 Å². The Morgan fingerprint density at radius 2 is 2.09 bits per heavy atom. The fourth-order valence-electron chi connectivity index (χ4n) is 3.72. The van der Waals surface area contributed by atoms with Gasteiger partial charge >= 0.3 is 0 Å². The van der Waals surface area contributed by atoms with Gasteiger partial charge in [-0.2, -0.15) is 10.4 Å². The van der Waals surface area contributed by atoms with Gasteiger partial charge < -0.3 is 4.74 Å². The summed E-state index contributed by atoms with van der Waals surface area (Å²) in [5, 5.41) is 13.6. The summed E-state index contributed by atoms with van der Waals surface area (Å²) in [5.74, 6) is 0. The highest BCUT2D eigenvalue weighted by atomic mass is 16.5. The molecule has 118 valence electrons. The SMILES string of the molecule is Cc1cc(C#N)ccc1-c1cnn2c1CC(N1CCOCC1)C2. The summed E-state index contributed by atoms with van der Waals surface area (Å²) in [6.07, 6.45) is 3.01. The van der Waals surface area contributed by atoms with Crippen molar-refractivity contribution in [2.24, 2.45) is 0 Å². The van der Waals surface area contributed by atoms with Crippen LogP contribution < -0.4 is 0 Å². The number of aromatic nitrogens is 2. The second-order valence-corrected chi connectivity index (χ2v) is 6.33. The van der Waals surface area contributed by atoms with Gasteiger partial charge in [-0.15, -0.1) is 0 Å². The molecule has 0 saturated carbocycles. The Morgan fingerprint density at radius 1 is 1.26 bits per heavy atom. The first-order valence-electron chi connectivity index (χ1n) is 8.14. The van der Waals surface area contributed by atoms with Crippen molar-refractivity contribution in [3.63, 3.8) is 0 Å². The molecule has 23 heavy (non-hydrogen) atoms. The fourth-order valence-corrected chi connectivity index (χ4v) is 3.72. The van der Waals surface area contributed by atoms with E-state index >= 15 is 0 Å². The summed E-state index contributed by atoms with van der Waals surface area (Å²) < 4.78 is 7.60. The first-order chi connectivity index (χ1) is 11.3. The summed E-state index contributed by atoms with van der Waals surface area (Å²) in [5.41, 5.74) is 5.56. The molecule has 0 radical (unpaired) electrons. The van der Waals surface area contributed by atoms with E-state index in [4.69, 9.17) is 10.00 Å². The Morgan fingerprint density at radius 3 is 2.83 bits per heavy atom. The second-order valence-electron chi connectivity index (χ2n) is 6.33. The highest BCUT2D eigenvalue weighted by molar-refractivity contribution is 5.70. The molecule has 0 spiro atoms. The Balaban J connectivity index is 1.62. The number of morpholine rings is 1. The molecule has 4 rings (SSSR count). The van der Waals surface area contributed by atoms with Crippen LogP contribution in [-0.2, 0) is 17.7 Å². The monoisotopic (exact) mass is 308 g/mol. The minimum Gasteiger partial charge on any atom is -0.379 e. The topological polar surface area (TPSA) is 54.1 Å². The van der Waals surface area contributed by atoms with Crippen LogP contribution in [0.2, 0.25) is 0 Å². The maximum Gasteiger partial charge on any atom is 0.0991 e. The Hall–Kier alpha value is -2.16. The number of ether oxygens (including phenoxy) is 1. The zero-order chi connectivity index (χ0) is 15.8. The van der Waals surface area contributed by atoms with Crippen molar-refractivity contribution in [3.05, 3.63) is 41.2 Å². The number of fused-ring (bicyclic) bond motifs is 1. The van der Waals surface area contributed by atoms with E-state index in [1.54, 1.807) is 0 Å². The summed E-state index contributed by atoms with van der Waals surface area (Å²) >= 11 is 0. The molecule has 2 aliphatic heterocycles. The molecule has 1 aromatic carbocycles. The third-order valence-corrected chi connectivity index (χ3v) is 4.97.